The molecule has 1 atom stereocenters. The summed E-state index contributed by atoms with van der Waals surface area (Å²) in [4.78, 5) is 13.3. The Morgan fingerprint density at radius 2 is 1.97 bits per heavy atom. The number of aryl methyl sites for hydroxylation is 1. The molecule has 1 aromatic rings. The standard InChI is InChI=1S/C16H24N2O4S.C2HF3O2/c1-13-4-3-5-14(17-13)11-21-15-10-16(22-12-15)6-8-18(9-7-16)23(2,19)20;3-2(4,5)1(6)7/h3-5,15H,6-12H2,1-2H3;(H,6,7). The molecule has 2 aliphatic heterocycles. The van der Waals surface area contributed by atoms with Crippen molar-refractivity contribution in [3.8, 4) is 0 Å². The highest BCUT2D eigenvalue weighted by molar-refractivity contribution is 7.88. The number of hydrogen-bond donors (Lipinski definition) is 1. The van der Waals surface area contributed by atoms with Gasteiger partial charge in [0.15, 0.2) is 0 Å². The van der Waals surface area contributed by atoms with Crippen LogP contribution in [0.25, 0.3) is 0 Å². The summed E-state index contributed by atoms with van der Waals surface area (Å²) in [6, 6.07) is 5.91. The molecule has 3 rings (SSSR count). The minimum absolute atomic E-state index is 0.0575. The summed E-state index contributed by atoms with van der Waals surface area (Å²) in [5, 5.41) is 7.12. The van der Waals surface area contributed by atoms with E-state index in [4.69, 9.17) is 19.4 Å². The van der Waals surface area contributed by atoms with Crippen molar-refractivity contribution in [2.24, 2.45) is 0 Å². The maximum absolute atomic E-state index is 11.6. The average molecular weight is 454 g/mol. The zero-order chi connectivity index (χ0) is 22.6. The summed E-state index contributed by atoms with van der Waals surface area (Å²) in [5.74, 6) is -2.76. The second kappa shape index (κ2) is 9.58. The first-order valence-electron chi connectivity index (χ1n) is 9.24. The fourth-order valence-corrected chi connectivity index (χ4v) is 4.21. The SMILES string of the molecule is Cc1cccc(COC2COC3(CCN(S(C)(=O)=O)CC3)C2)n1.O=C(O)C(F)(F)F. The predicted octanol–water partition coefficient (Wildman–Crippen LogP) is 2.12. The lowest BCUT2D eigenvalue weighted by molar-refractivity contribution is -0.192. The van der Waals surface area contributed by atoms with Crippen LogP contribution in [0, 0.1) is 6.92 Å². The number of aliphatic carboxylic acids is 1. The molecule has 1 aromatic heterocycles. The first kappa shape index (κ1) is 24.5. The second-order valence-corrected chi connectivity index (χ2v) is 9.35. The second-order valence-electron chi connectivity index (χ2n) is 7.37. The number of aromatic nitrogens is 1. The first-order chi connectivity index (χ1) is 13.8. The molecule has 1 unspecified atom stereocenters. The van der Waals surface area contributed by atoms with Crippen molar-refractivity contribution in [3.63, 3.8) is 0 Å². The smallest absolute Gasteiger partial charge is 0.475 e. The topological polar surface area (TPSA) is 106 Å². The Hall–Kier alpha value is -1.76. The lowest BCUT2D eigenvalue weighted by Gasteiger charge is -2.37. The number of alkyl halides is 3. The maximum atomic E-state index is 11.6. The number of carboxylic acid groups (broad SMARTS) is 1. The van der Waals surface area contributed by atoms with Crippen LogP contribution in [0.15, 0.2) is 18.2 Å². The molecule has 30 heavy (non-hydrogen) atoms. The van der Waals surface area contributed by atoms with E-state index in [1.165, 1.54) is 10.6 Å². The van der Waals surface area contributed by atoms with Crippen molar-refractivity contribution < 1.29 is 41.0 Å². The maximum Gasteiger partial charge on any atom is 0.490 e. The van der Waals surface area contributed by atoms with Gasteiger partial charge in [-0.25, -0.2) is 17.5 Å². The minimum Gasteiger partial charge on any atom is -0.475 e. The largest absolute Gasteiger partial charge is 0.490 e. The van der Waals surface area contributed by atoms with E-state index in [1.807, 2.05) is 25.1 Å². The van der Waals surface area contributed by atoms with Crippen molar-refractivity contribution in [1.82, 2.24) is 9.29 Å². The Morgan fingerprint density at radius 3 is 2.47 bits per heavy atom. The van der Waals surface area contributed by atoms with Gasteiger partial charge in [-0.2, -0.15) is 13.2 Å². The molecule has 8 nitrogen and oxygen atoms in total. The molecule has 0 bridgehead atoms. The van der Waals surface area contributed by atoms with Crippen molar-refractivity contribution in [2.75, 3.05) is 26.0 Å². The molecule has 1 N–H and O–H groups in total. The number of halogens is 3. The lowest BCUT2D eigenvalue weighted by atomic mass is 9.89. The van der Waals surface area contributed by atoms with Crippen molar-refractivity contribution >= 4 is 16.0 Å². The summed E-state index contributed by atoms with van der Waals surface area (Å²) in [5.41, 5.74) is 1.70. The van der Waals surface area contributed by atoms with Crippen LogP contribution in [0.5, 0.6) is 0 Å². The molecule has 3 heterocycles. The average Bonchev–Trinajstić information content (AvgIpc) is 3.02. The van der Waals surface area contributed by atoms with Gasteiger partial charge in [-0.3, -0.25) is 4.98 Å². The van der Waals surface area contributed by atoms with Crippen molar-refractivity contribution in [3.05, 3.63) is 29.6 Å². The monoisotopic (exact) mass is 454 g/mol. The summed E-state index contributed by atoms with van der Waals surface area (Å²) >= 11 is 0. The summed E-state index contributed by atoms with van der Waals surface area (Å²) in [6.45, 7) is 4.09. The molecule has 12 heteroatoms. The highest BCUT2D eigenvalue weighted by atomic mass is 32.2. The van der Waals surface area contributed by atoms with E-state index in [1.54, 1.807) is 0 Å². The van der Waals surface area contributed by atoms with E-state index >= 15 is 0 Å². The number of carbonyl (C=O) groups is 1. The van der Waals surface area contributed by atoms with Crippen LogP contribution in [-0.4, -0.2) is 72.6 Å². The molecule has 1 spiro atoms. The number of pyridine rings is 1. The number of sulfonamides is 1. The molecule has 0 radical (unpaired) electrons. The third-order valence-corrected chi connectivity index (χ3v) is 6.24. The van der Waals surface area contributed by atoms with E-state index in [9.17, 15) is 21.6 Å². The summed E-state index contributed by atoms with van der Waals surface area (Å²) in [7, 11) is -3.10. The fraction of sp³-hybridized carbons (Fsp3) is 0.667. The van der Waals surface area contributed by atoms with Crippen LogP contribution in [0.3, 0.4) is 0 Å². The third kappa shape index (κ3) is 7.18. The summed E-state index contributed by atoms with van der Waals surface area (Å²) in [6.07, 6.45) is -1.45. The van der Waals surface area contributed by atoms with Crippen molar-refractivity contribution in [2.45, 2.75) is 50.7 Å². The molecule has 2 fully saturated rings. The van der Waals surface area contributed by atoms with Gasteiger partial charge in [0.2, 0.25) is 10.0 Å². The van der Waals surface area contributed by atoms with E-state index in [2.05, 4.69) is 4.98 Å². The number of ether oxygens (including phenoxy) is 2. The highest BCUT2D eigenvalue weighted by Gasteiger charge is 2.44. The molecule has 0 aromatic carbocycles. The zero-order valence-corrected chi connectivity index (χ0v) is 17.5. The molecular formula is C18H25F3N2O6S. The van der Waals surface area contributed by atoms with Crippen molar-refractivity contribution in [1.29, 1.82) is 0 Å². The Kier molecular flexibility index (Phi) is 7.83. The fourth-order valence-electron chi connectivity index (χ4n) is 3.37. The van der Waals surface area contributed by atoms with Gasteiger partial charge in [0.05, 0.1) is 36.9 Å². The van der Waals surface area contributed by atoms with E-state index in [0.29, 0.717) is 26.3 Å². The molecule has 2 aliphatic rings. The number of rotatable bonds is 4. The Bertz CT molecular complexity index is 839. The predicted molar refractivity (Wildman–Crippen MR) is 100 cm³/mol. The number of piperidine rings is 1. The van der Waals surface area contributed by atoms with Gasteiger partial charge < -0.3 is 14.6 Å². The van der Waals surface area contributed by atoms with Crippen LogP contribution < -0.4 is 0 Å². The van der Waals surface area contributed by atoms with Gasteiger partial charge in [0.25, 0.3) is 0 Å². The van der Waals surface area contributed by atoms with Gasteiger partial charge in [-0.05, 0) is 31.9 Å². The van der Waals surface area contributed by atoms with Crippen LogP contribution in [0.4, 0.5) is 13.2 Å². The van der Waals surface area contributed by atoms with Gasteiger partial charge in [-0.15, -0.1) is 0 Å². The van der Waals surface area contributed by atoms with E-state index in [-0.39, 0.29) is 11.7 Å². The number of hydrogen-bond acceptors (Lipinski definition) is 6. The lowest BCUT2D eigenvalue weighted by Crippen LogP contribution is -2.46. The molecule has 0 aliphatic carbocycles. The highest BCUT2D eigenvalue weighted by Crippen LogP contribution is 2.37. The van der Waals surface area contributed by atoms with Gasteiger partial charge in [-0.1, -0.05) is 6.07 Å². The Balaban J connectivity index is 0.000000396. The summed E-state index contributed by atoms with van der Waals surface area (Å²) < 4.78 is 68.4. The van der Waals surface area contributed by atoms with Crippen LogP contribution in [0.2, 0.25) is 0 Å². The van der Waals surface area contributed by atoms with Crippen LogP contribution in [0.1, 0.15) is 30.7 Å². The first-order valence-corrected chi connectivity index (χ1v) is 11.1. The van der Waals surface area contributed by atoms with Gasteiger partial charge in [0.1, 0.15) is 0 Å². The zero-order valence-electron chi connectivity index (χ0n) is 16.7. The van der Waals surface area contributed by atoms with E-state index in [0.717, 1.165) is 30.7 Å². The molecular weight excluding hydrogens is 429 g/mol. The third-order valence-electron chi connectivity index (χ3n) is 4.93. The molecule has 0 amide bonds. The van der Waals surface area contributed by atoms with Crippen LogP contribution in [-0.2, 0) is 30.9 Å². The molecule has 2 saturated heterocycles. The van der Waals surface area contributed by atoms with Gasteiger partial charge >= 0.3 is 12.1 Å². The van der Waals surface area contributed by atoms with E-state index < -0.39 is 22.2 Å². The molecule has 0 saturated carbocycles. The van der Waals surface area contributed by atoms with Crippen LogP contribution >= 0.6 is 0 Å². The Labute approximate surface area is 173 Å². The molecule has 170 valence electrons. The van der Waals surface area contributed by atoms with Gasteiger partial charge in [0, 0.05) is 25.2 Å². The quantitative estimate of drug-likeness (QED) is 0.743. The normalized spacial score (nSPS) is 21.8. The number of carboxylic acids is 1. The minimum atomic E-state index is -5.08. The Morgan fingerprint density at radius 1 is 1.37 bits per heavy atom. The number of nitrogens with zero attached hydrogens (tertiary/aromatic N) is 2.